The van der Waals surface area contributed by atoms with Gasteiger partial charge in [0.05, 0.1) is 37.4 Å². The van der Waals surface area contributed by atoms with Crippen LogP contribution < -0.4 is 32.3 Å². The minimum atomic E-state index is -0.964. The quantitative estimate of drug-likeness (QED) is 0.129. The zero-order valence-electron chi connectivity index (χ0n) is 34.0. The highest BCUT2D eigenvalue weighted by atomic mass is 16.5. The molecule has 2 aliphatic heterocycles. The summed E-state index contributed by atoms with van der Waals surface area (Å²) in [5.74, 6) is -1.61. The fourth-order valence-electron chi connectivity index (χ4n) is 8.72. The molecule has 4 aliphatic rings. The summed E-state index contributed by atoms with van der Waals surface area (Å²) in [4.78, 5) is 57.9. The molecule has 4 amide bonds. The van der Waals surface area contributed by atoms with Crippen LogP contribution in [-0.4, -0.2) is 111 Å². The zero-order valence-corrected chi connectivity index (χ0v) is 34.0. The molecule has 0 aromatic carbocycles. The van der Waals surface area contributed by atoms with Crippen molar-refractivity contribution < 1.29 is 28.7 Å². The lowest BCUT2D eigenvalue weighted by Gasteiger charge is -2.54. The van der Waals surface area contributed by atoms with Crippen molar-refractivity contribution >= 4 is 23.6 Å². The molecule has 2 aliphatic carbocycles. The molecular weight excluding hydrogens is 686 g/mol. The van der Waals surface area contributed by atoms with E-state index in [4.69, 9.17) is 15.2 Å². The van der Waals surface area contributed by atoms with E-state index in [0.717, 1.165) is 90.1 Å². The van der Waals surface area contributed by atoms with Gasteiger partial charge in [-0.1, -0.05) is 85.1 Å². The van der Waals surface area contributed by atoms with Crippen LogP contribution in [0.5, 0.6) is 0 Å². The van der Waals surface area contributed by atoms with E-state index in [1.807, 2.05) is 20.8 Å². The first-order valence-corrected chi connectivity index (χ1v) is 21.2. The Morgan fingerprint density at radius 2 is 1.54 bits per heavy atom. The summed E-state index contributed by atoms with van der Waals surface area (Å²) in [6, 6.07) is -3.45. The van der Waals surface area contributed by atoms with Crippen molar-refractivity contribution in [2.75, 3.05) is 39.9 Å². The standard InChI is InChI=1S/C41H73N7O6/c1-7-9-10-15-19-35-28(4)40(52)48(6)34(16-8-2)39(51)47-36(30-17-13-11-12-14-18-30)29(5)45-32(22-42)37(49)46-33(38(50)44-27(3)23-54-35)24-53-31-20-41(21-31)25-43-26-41/h27-28,30-36,43,45H,5,7-26,42H2,1-4,6H3,(H,44,50)(H,46,49)(H,47,51)/t27-,28?,32?,33?,34?,35-,36?/m1/s1. The molecular formula is C41H73N7O6. The Kier molecular flexibility index (Phi) is 17.5. The molecule has 0 aromatic rings. The van der Waals surface area contributed by atoms with Crippen molar-refractivity contribution in [2.24, 2.45) is 23.0 Å². The van der Waals surface area contributed by atoms with E-state index in [1.54, 1.807) is 11.9 Å². The lowest BCUT2D eigenvalue weighted by atomic mass is 9.63. The molecule has 13 heteroatoms. The highest BCUT2D eigenvalue weighted by Gasteiger charge is 2.49. The normalized spacial score (nSPS) is 31.5. The Morgan fingerprint density at radius 3 is 2.15 bits per heavy atom. The molecule has 54 heavy (non-hydrogen) atoms. The highest BCUT2D eigenvalue weighted by molar-refractivity contribution is 5.91. The van der Waals surface area contributed by atoms with Crippen LogP contribution in [0.1, 0.15) is 124 Å². The van der Waals surface area contributed by atoms with Gasteiger partial charge in [-0.05, 0) is 51.4 Å². The number of carbonyl (C=O) groups is 4. The van der Waals surface area contributed by atoms with Crippen molar-refractivity contribution in [3.05, 3.63) is 12.3 Å². The van der Waals surface area contributed by atoms with Crippen molar-refractivity contribution in [3.8, 4) is 0 Å². The van der Waals surface area contributed by atoms with Crippen LogP contribution in [-0.2, 0) is 28.7 Å². The van der Waals surface area contributed by atoms with Crippen LogP contribution in [0.3, 0.4) is 0 Å². The van der Waals surface area contributed by atoms with Gasteiger partial charge in [0.15, 0.2) is 0 Å². The Morgan fingerprint density at radius 1 is 0.852 bits per heavy atom. The van der Waals surface area contributed by atoms with Gasteiger partial charge in [0.2, 0.25) is 23.6 Å². The number of hydrogen-bond donors (Lipinski definition) is 6. The summed E-state index contributed by atoms with van der Waals surface area (Å²) in [6.45, 7) is 14.4. The average Bonchev–Trinajstić information content (AvgIpc) is 3.41. The summed E-state index contributed by atoms with van der Waals surface area (Å²) in [5, 5.41) is 15.9. The Balaban J connectivity index is 1.62. The van der Waals surface area contributed by atoms with Crippen molar-refractivity contribution in [1.82, 2.24) is 31.5 Å². The number of ether oxygens (including phenoxy) is 2. The van der Waals surface area contributed by atoms with Gasteiger partial charge < -0.3 is 46.7 Å². The second-order valence-electron chi connectivity index (χ2n) is 16.9. The third kappa shape index (κ3) is 12.1. The molecule has 1 spiro atoms. The van der Waals surface area contributed by atoms with Crippen LogP contribution in [0.2, 0.25) is 0 Å². The predicted octanol–water partition coefficient (Wildman–Crippen LogP) is 3.26. The molecule has 5 unspecified atom stereocenters. The van der Waals surface area contributed by atoms with Gasteiger partial charge >= 0.3 is 0 Å². The van der Waals surface area contributed by atoms with E-state index in [2.05, 4.69) is 40.1 Å². The zero-order chi connectivity index (χ0) is 39.3. The average molecular weight is 760 g/mol. The summed E-state index contributed by atoms with van der Waals surface area (Å²) in [7, 11) is 1.72. The minimum Gasteiger partial charge on any atom is -0.375 e. The first-order valence-electron chi connectivity index (χ1n) is 21.2. The second-order valence-corrected chi connectivity index (χ2v) is 16.9. The molecule has 7 N–H and O–H groups in total. The van der Waals surface area contributed by atoms with Crippen LogP contribution in [0.4, 0.5) is 0 Å². The van der Waals surface area contributed by atoms with E-state index in [-0.39, 0.29) is 49.5 Å². The molecule has 0 aromatic heterocycles. The molecule has 4 rings (SSSR count). The number of likely N-dealkylation sites (N-methyl/N-ethyl adjacent to an activating group) is 1. The largest absolute Gasteiger partial charge is 0.375 e. The molecule has 0 radical (unpaired) electrons. The molecule has 0 bridgehead atoms. The van der Waals surface area contributed by atoms with E-state index >= 15 is 0 Å². The number of rotatable bonds is 12. The number of amides is 4. The number of nitrogens with zero attached hydrogens (tertiary/aromatic N) is 1. The third-order valence-electron chi connectivity index (χ3n) is 12.3. The Bertz CT molecular complexity index is 1230. The van der Waals surface area contributed by atoms with Gasteiger partial charge in [-0.15, -0.1) is 0 Å². The lowest BCUT2D eigenvalue weighted by Crippen LogP contribution is -2.63. The van der Waals surface area contributed by atoms with E-state index in [0.29, 0.717) is 30.4 Å². The molecule has 2 saturated heterocycles. The molecule has 7 atom stereocenters. The molecule has 308 valence electrons. The van der Waals surface area contributed by atoms with Crippen molar-refractivity contribution in [3.63, 3.8) is 0 Å². The predicted molar refractivity (Wildman–Crippen MR) is 211 cm³/mol. The summed E-state index contributed by atoms with van der Waals surface area (Å²) >= 11 is 0. The fraction of sp³-hybridized carbons (Fsp3) is 0.854. The number of carbonyl (C=O) groups excluding carboxylic acids is 4. The van der Waals surface area contributed by atoms with Crippen molar-refractivity contribution in [1.29, 1.82) is 0 Å². The number of nitrogens with one attached hydrogen (secondary N) is 5. The fourth-order valence-corrected chi connectivity index (χ4v) is 8.72. The second kappa shape index (κ2) is 21.5. The smallest absolute Gasteiger partial charge is 0.245 e. The summed E-state index contributed by atoms with van der Waals surface area (Å²) < 4.78 is 12.7. The van der Waals surface area contributed by atoms with Crippen molar-refractivity contribution in [2.45, 2.75) is 166 Å². The van der Waals surface area contributed by atoms with Gasteiger partial charge in [0.25, 0.3) is 0 Å². The first kappa shape index (κ1) is 44.0. The third-order valence-corrected chi connectivity index (χ3v) is 12.3. The molecule has 4 fully saturated rings. The molecule has 2 saturated carbocycles. The van der Waals surface area contributed by atoms with Gasteiger partial charge in [-0.25, -0.2) is 0 Å². The topological polar surface area (TPSA) is 176 Å². The molecule has 2 heterocycles. The van der Waals surface area contributed by atoms with E-state index < -0.39 is 48.1 Å². The summed E-state index contributed by atoms with van der Waals surface area (Å²) in [6.07, 6.45) is 13.7. The van der Waals surface area contributed by atoms with E-state index in [9.17, 15) is 19.2 Å². The number of nitrogens with two attached hydrogens (primary N) is 1. The van der Waals surface area contributed by atoms with Gasteiger partial charge in [-0.2, -0.15) is 0 Å². The Labute approximate surface area is 324 Å². The van der Waals surface area contributed by atoms with Crippen LogP contribution >= 0.6 is 0 Å². The van der Waals surface area contributed by atoms with Gasteiger partial charge in [-0.3, -0.25) is 19.2 Å². The summed E-state index contributed by atoms with van der Waals surface area (Å²) in [5.41, 5.74) is 7.00. The lowest BCUT2D eigenvalue weighted by molar-refractivity contribution is -0.147. The maximum atomic E-state index is 14.3. The minimum absolute atomic E-state index is 0.0229. The van der Waals surface area contributed by atoms with Gasteiger partial charge in [0, 0.05) is 43.8 Å². The van der Waals surface area contributed by atoms with Gasteiger partial charge in [0.1, 0.15) is 18.1 Å². The highest BCUT2D eigenvalue weighted by Crippen LogP contribution is 2.45. The maximum Gasteiger partial charge on any atom is 0.245 e. The SMILES string of the molecule is C=C1NC(CN)C(=O)NC(COC2CC3(CNC3)C2)C(=O)N[C@H](C)CO[C@H](CCCCCC)C(C)C(=O)N(C)C(CCC)C(=O)NC1C1CCCCCC1. The number of hydrogen-bond acceptors (Lipinski definition) is 9. The van der Waals surface area contributed by atoms with E-state index in [1.165, 1.54) is 0 Å². The van der Waals surface area contributed by atoms with Crippen LogP contribution in [0.15, 0.2) is 12.3 Å². The maximum absolute atomic E-state index is 14.3. The van der Waals surface area contributed by atoms with Crippen LogP contribution in [0, 0.1) is 17.3 Å². The number of unbranched alkanes of at least 4 members (excludes halogenated alkanes) is 3. The molecule has 13 nitrogen and oxygen atoms in total. The van der Waals surface area contributed by atoms with Crippen LogP contribution in [0.25, 0.3) is 0 Å². The Hall–Kier alpha value is -2.74. The first-order chi connectivity index (χ1) is 25.9. The monoisotopic (exact) mass is 760 g/mol.